The van der Waals surface area contributed by atoms with E-state index in [0.717, 1.165) is 11.6 Å². The van der Waals surface area contributed by atoms with Crippen LogP contribution in [0.5, 0.6) is 0 Å². The number of carbonyl (C=O) groups is 1. The first-order valence-corrected chi connectivity index (χ1v) is 10.4. The molecule has 1 aliphatic rings. The molecule has 8 heteroatoms. The third-order valence-electron chi connectivity index (χ3n) is 4.55. The molecule has 28 heavy (non-hydrogen) atoms. The number of thioether (sulfide) groups is 1. The van der Waals surface area contributed by atoms with Crippen molar-refractivity contribution in [1.82, 2.24) is 4.90 Å². The molecular weight excluding hydrogens is 409 g/mol. The van der Waals surface area contributed by atoms with E-state index in [-0.39, 0.29) is 5.91 Å². The Balaban J connectivity index is 1.47. The van der Waals surface area contributed by atoms with Crippen molar-refractivity contribution in [2.45, 2.75) is 11.9 Å². The maximum Gasteiger partial charge on any atom is 0.416 e. The summed E-state index contributed by atoms with van der Waals surface area (Å²) in [5, 5.41) is 0.676. The van der Waals surface area contributed by atoms with E-state index in [1.54, 1.807) is 11.0 Å². The number of hydrogen-bond donors (Lipinski definition) is 0. The minimum atomic E-state index is -4.35. The van der Waals surface area contributed by atoms with Gasteiger partial charge in [0.25, 0.3) is 0 Å². The van der Waals surface area contributed by atoms with Crippen LogP contribution in [0.15, 0.2) is 48.5 Å². The average Bonchev–Trinajstić information content (AvgIpc) is 2.67. The van der Waals surface area contributed by atoms with Gasteiger partial charge >= 0.3 is 6.18 Å². The maximum atomic E-state index is 12.9. The molecule has 2 aromatic carbocycles. The minimum Gasteiger partial charge on any atom is -0.368 e. The number of amides is 1. The van der Waals surface area contributed by atoms with Crippen LogP contribution < -0.4 is 4.90 Å². The average molecular weight is 429 g/mol. The van der Waals surface area contributed by atoms with Crippen molar-refractivity contribution in [2.75, 3.05) is 36.8 Å². The van der Waals surface area contributed by atoms with E-state index in [4.69, 9.17) is 11.6 Å². The Kier molecular flexibility index (Phi) is 6.78. The first-order chi connectivity index (χ1) is 13.3. The Morgan fingerprint density at radius 2 is 1.75 bits per heavy atom. The highest BCUT2D eigenvalue weighted by Crippen LogP contribution is 2.32. The van der Waals surface area contributed by atoms with Crippen LogP contribution in [0.3, 0.4) is 0 Å². The van der Waals surface area contributed by atoms with Crippen molar-refractivity contribution in [1.29, 1.82) is 0 Å². The highest BCUT2D eigenvalue weighted by atomic mass is 35.5. The summed E-state index contributed by atoms with van der Waals surface area (Å²) in [4.78, 5) is 16.1. The first kappa shape index (κ1) is 20.9. The van der Waals surface area contributed by atoms with Crippen LogP contribution in [0.25, 0.3) is 0 Å². The third kappa shape index (κ3) is 5.58. The molecule has 1 aliphatic heterocycles. The zero-order valence-corrected chi connectivity index (χ0v) is 16.7. The summed E-state index contributed by atoms with van der Waals surface area (Å²) in [6.45, 7) is 2.05. The highest BCUT2D eigenvalue weighted by molar-refractivity contribution is 7.99. The largest absolute Gasteiger partial charge is 0.416 e. The Morgan fingerprint density at radius 1 is 1.04 bits per heavy atom. The van der Waals surface area contributed by atoms with E-state index < -0.39 is 11.7 Å². The van der Waals surface area contributed by atoms with E-state index >= 15 is 0 Å². The molecule has 0 unspecified atom stereocenters. The van der Waals surface area contributed by atoms with Crippen LogP contribution in [0, 0.1) is 0 Å². The number of halogens is 4. The lowest BCUT2D eigenvalue weighted by molar-refractivity contribution is -0.137. The number of piperazine rings is 1. The fraction of sp³-hybridized carbons (Fsp3) is 0.350. The van der Waals surface area contributed by atoms with Gasteiger partial charge in [0.1, 0.15) is 0 Å². The topological polar surface area (TPSA) is 23.6 Å². The van der Waals surface area contributed by atoms with Gasteiger partial charge in [-0.1, -0.05) is 29.8 Å². The summed E-state index contributed by atoms with van der Waals surface area (Å²) >= 11 is 7.49. The second-order valence-corrected chi connectivity index (χ2v) is 7.96. The standard InChI is InChI=1S/C20H20ClF3N2OS/c21-17-5-1-3-15(11-17)13-28-14-19(27)26-9-7-25(8-10-26)18-6-2-4-16(12-18)20(22,23)24/h1-6,11-12H,7-10,13-14H2. The van der Waals surface area contributed by atoms with Crippen molar-refractivity contribution in [3.63, 3.8) is 0 Å². The van der Waals surface area contributed by atoms with Crippen molar-refractivity contribution in [3.8, 4) is 0 Å². The minimum absolute atomic E-state index is 0.0516. The van der Waals surface area contributed by atoms with Gasteiger partial charge in [0, 0.05) is 42.6 Å². The Morgan fingerprint density at radius 3 is 2.43 bits per heavy atom. The van der Waals surface area contributed by atoms with Gasteiger partial charge in [-0.05, 0) is 35.9 Å². The van der Waals surface area contributed by atoms with Gasteiger partial charge in [-0.15, -0.1) is 11.8 Å². The van der Waals surface area contributed by atoms with Crippen LogP contribution in [-0.4, -0.2) is 42.7 Å². The zero-order valence-electron chi connectivity index (χ0n) is 15.1. The predicted octanol–water partition coefficient (Wildman–Crippen LogP) is 4.94. The van der Waals surface area contributed by atoms with Crippen LogP contribution in [0.2, 0.25) is 5.02 Å². The molecule has 0 atom stereocenters. The Hall–Kier alpha value is -1.86. The summed E-state index contributed by atoms with van der Waals surface area (Å²) in [6.07, 6.45) is -4.35. The van der Waals surface area contributed by atoms with Gasteiger partial charge in [0.15, 0.2) is 0 Å². The number of alkyl halides is 3. The summed E-state index contributed by atoms with van der Waals surface area (Å²) in [7, 11) is 0. The number of carbonyl (C=O) groups excluding carboxylic acids is 1. The van der Waals surface area contributed by atoms with Crippen molar-refractivity contribution >= 4 is 35.0 Å². The molecule has 1 saturated heterocycles. The zero-order chi connectivity index (χ0) is 20.1. The lowest BCUT2D eigenvalue weighted by atomic mass is 10.1. The fourth-order valence-electron chi connectivity index (χ4n) is 3.07. The molecule has 0 saturated carbocycles. The number of benzene rings is 2. The molecule has 0 spiro atoms. The second kappa shape index (κ2) is 9.09. The van der Waals surface area contributed by atoms with Crippen molar-refractivity contribution in [3.05, 3.63) is 64.7 Å². The Bertz CT molecular complexity index is 823. The van der Waals surface area contributed by atoms with Crippen LogP contribution in [0.4, 0.5) is 18.9 Å². The van der Waals surface area contributed by atoms with Gasteiger partial charge in [-0.3, -0.25) is 4.79 Å². The van der Waals surface area contributed by atoms with E-state index in [1.165, 1.54) is 23.9 Å². The quantitative estimate of drug-likeness (QED) is 0.673. The molecule has 0 radical (unpaired) electrons. The van der Waals surface area contributed by atoms with Gasteiger partial charge in [0.2, 0.25) is 5.91 Å². The van der Waals surface area contributed by atoms with Gasteiger partial charge < -0.3 is 9.80 Å². The summed E-state index contributed by atoms with van der Waals surface area (Å²) in [5.41, 5.74) is 0.956. The lowest BCUT2D eigenvalue weighted by Gasteiger charge is -2.36. The first-order valence-electron chi connectivity index (χ1n) is 8.85. The van der Waals surface area contributed by atoms with E-state index in [9.17, 15) is 18.0 Å². The lowest BCUT2D eigenvalue weighted by Crippen LogP contribution is -2.49. The summed E-state index contributed by atoms with van der Waals surface area (Å²) in [6, 6.07) is 12.9. The third-order valence-corrected chi connectivity index (χ3v) is 5.78. The fourth-order valence-corrected chi connectivity index (χ4v) is 4.15. The molecule has 0 bridgehead atoms. The smallest absolute Gasteiger partial charge is 0.368 e. The number of nitrogens with zero attached hydrogens (tertiary/aromatic N) is 2. The molecule has 150 valence electrons. The van der Waals surface area contributed by atoms with Gasteiger partial charge in [0.05, 0.1) is 11.3 Å². The Labute approximate surface area is 171 Å². The van der Waals surface area contributed by atoms with E-state index in [0.29, 0.717) is 48.4 Å². The SMILES string of the molecule is O=C(CSCc1cccc(Cl)c1)N1CCN(c2cccc(C(F)(F)F)c2)CC1. The normalized spacial score (nSPS) is 15.0. The molecular formula is C20H20ClF3N2OS. The number of hydrogen-bond acceptors (Lipinski definition) is 3. The van der Waals surface area contributed by atoms with Crippen LogP contribution in [-0.2, 0) is 16.7 Å². The van der Waals surface area contributed by atoms with E-state index in [2.05, 4.69) is 0 Å². The molecule has 2 aromatic rings. The molecule has 0 N–H and O–H groups in total. The molecule has 0 aromatic heterocycles. The molecule has 1 heterocycles. The molecule has 0 aliphatic carbocycles. The maximum absolute atomic E-state index is 12.9. The summed E-state index contributed by atoms with van der Waals surface area (Å²) in [5.74, 6) is 1.13. The second-order valence-electron chi connectivity index (χ2n) is 6.54. The molecule has 3 rings (SSSR count). The summed E-state index contributed by atoms with van der Waals surface area (Å²) < 4.78 is 38.7. The molecule has 1 fully saturated rings. The van der Waals surface area contributed by atoms with Crippen molar-refractivity contribution in [2.24, 2.45) is 0 Å². The monoisotopic (exact) mass is 428 g/mol. The number of rotatable bonds is 5. The van der Waals surface area contributed by atoms with Crippen LogP contribution in [0.1, 0.15) is 11.1 Å². The molecule has 3 nitrogen and oxygen atoms in total. The van der Waals surface area contributed by atoms with Gasteiger partial charge in [-0.2, -0.15) is 13.2 Å². The molecule has 1 amide bonds. The van der Waals surface area contributed by atoms with Crippen molar-refractivity contribution < 1.29 is 18.0 Å². The van der Waals surface area contributed by atoms with Crippen LogP contribution >= 0.6 is 23.4 Å². The highest BCUT2D eigenvalue weighted by Gasteiger charge is 2.31. The van der Waals surface area contributed by atoms with E-state index in [1.807, 2.05) is 29.2 Å². The van der Waals surface area contributed by atoms with Gasteiger partial charge in [-0.25, -0.2) is 0 Å². The number of anilines is 1. The predicted molar refractivity (Wildman–Crippen MR) is 108 cm³/mol.